The number of likely N-dealkylation sites (tertiary alicyclic amines) is 1. The topological polar surface area (TPSA) is 49.8 Å². The van der Waals surface area contributed by atoms with Gasteiger partial charge in [-0.2, -0.15) is 0 Å². The van der Waals surface area contributed by atoms with E-state index in [2.05, 4.69) is 46.0 Å². The summed E-state index contributed by atoms with van der Waals surface area (Å²) in [6.07, 6.45) is -0.111. The van der Waals surface area contributed by atoms with E-state index >= 15 is 0 Å². The van der Waals surface area contributed by atoms with Crippen LogP contribution in [0.5, 0.6) is 0 Å². The molecule has 1 aromatic rings. The Morgan fingerprint density at radius 3 is 2.46 bits per heavy atom. The van der Waals surface area contributed by atoms with Crippen LogP contribution in [0.1, 0.15) is 26.3 Å². The quantitative estimate of drug-likeness (QED) is 0.803. The largest absolute Gasteiger partial charge is 0.416 e. The van der Waals surface area contributed by atoms with Gasteiger partial charge in [-0.1, -0.05) is 51.1 Å². The molecule has 1 aromatic carbocycles. The standard InChI is InChI=1S/C19H31NO3Si/c1-19(2,3)24(4,5)23-14-16-13-20(18(22)17(16)21)12-11-15-9-7-6-8-10-15/h6-10,16-17,21H,11-14H2,1-5H3/t16-,17-/m1/s1. The number of carbonyl (C=O) groups excluding carboxylic acids is 1. The smallest absolute Gasteiger partial charge is 0.251 e. The van der Waals surface area contributed by atoms with Crippen LogP contribution < -0.4 is 0 Å². The van der Waals surface area contributed by atoms with Crippen LogP contribution in [0, 0.1) is 5.92 Å². The minimum atomic E-state index is -1.86. The first-order valence-corrected chi connectivity index (χ1v) is 11.7. The van der Waals surface area contributed by atoms with E-state index in [1.54, 1.807) is 4.90 Å². The third-order valence-corrected chi connectivity index (χ3v) is 9.94. The van der Waals surface area contributed by atoms with Gasteiger partial charge in [0.25, 0.3) is 5.91 Å². The number of carbonyl (C=O) groups is 1. The zero-order valence-electron chi connectivity index (χ0n) is 15.6. The molecule has 0 radical (unpaired) electrons. The molecule has 1 saturated heterocycles. The molecule has 1 fully saturated rings. The van der Waals surface area contributed by atoms with E-state index in [4.69, 9.17) is 4.43 Å². The van der Waals surface area contributed by atoms with Crippen molar-refractivity contribution in [2.75, 3.05) is 19.7 Å². The highest BCUT2D eigenvalue weighted by Crippen LogP contribution is 2.37. The maximum Gasteiger partial charge on any atom is 0.251 e. The Bertz CT molecular complexity index is 553. The van der Waals surface area contributed by atoms with Crippen molar-refractivity contribution < 1.29 is 14.3 Å². The number of rotatable bonds is 6. The fourth-order valence-corrected chi connectivity index (χ4v) is 3.71. The molecule has 0 unspecified atom stereocenters. The second-order valence-electron chi connectivity index (χ2n) is 8.30. The van der Waals surface area contributed by atoms with Gasteiger partial charge in [-0.05, 0) is 30.1 Å². The van der Waals surface area contributed by atoms with E-state index in [1.807, 2.05) is 18.2 Å². The molecule has 24 heavy (non-hydrogen) atoms. The molecule has 5 heteroatoms. The number of aliphatic hydroxyl groups is 1. The number of benzene rings is 1. The van der Waals surface area contributed by atoms with Crippen LogP contribution >= 0.6 is 0 Å². The summed E-state index contributed by atoms with van der Waals surface area (Å²) in [5, 5.41) is 10.4. The average Bonchev–Trinajstić information content (AvgIpc) is 2.79. The predicted molar refractivity (Wildman–Crippen MR) is 99.4 cm³/mol. The molecule has 0 aliphatic carbocycles. The molecule has 1 N–H and O–H groups in total. The second-order valence-corrected chi connectivity index (χ2v) is 13.1. The van der Waals surface area contributed by atoms with Gasteiger partial charge in [-0.3, -0.25) is 4.79 Å². The summed E-state index contributed by atoms with van der Waals surface area (Å²) in [5.74, 6) is -0.280. The molecule has 2 atom stereocenters. The molecule has 134 valence electrons. The highest BCUT2D eigenvalue weighted by molar-refractivity contribution is 6.74. The minimum Gasteiger partial charge on any atom is -0.416 e. The first-order chi connectivity index (χ1) is 11.1. The highest BCUT2D eigenvalue weighted by Gasteiger charge is 2.42. The Hall–Kier alpha value is -1.17. The van der Waals surface area contributed by atoms with Gasteiger partial charge in [0.05, 0.1) is 0 Å². The molecule has 1 aliphatic rings. The highest BCUT2D eigenvalue weighted by atomic mass is 28.4. The number of hydrogen-bond acceptors (Lipinski definition) is 3. The summed E-state index contributed by atoms with van der Waals surface area (Å²) in [6, 6.07) is 10.1. The summed E-state index contributed by atoms with van der Waals surface area (Å²) in [4.78, 5) is 14.1. The van der Waals surface area contributed by atoms with Gasteiger partial charge in [0.1, 0.15) is 6.10 Å². The summed E-state index contributed by atoms with van der Waals surface area (Å²) in [7, 11) is -1.86. The van der Waals surface area contributed by atoms with Gasteiger partial charge in [-0.15, -0.1) is 0 Å². The van der Waals surface area contributed by atoms with Crippen molar-refractivity contribution in [2.24, 2.45) is 5.92 Å². The van der Waals surface area contributed by atoms with Gasteiger partial charge in [0.2, 0.25) is 0 Å². The van der Waals surface area contributed by atoms with Crippen molar-refractivity contribution in [3.8, 4) is 0 Å². The van der Waals surface area contributed by atoms with Gasteiger partial charge < -0.3 is 14.4 Å². The van der Waals surface area contributed by atoms with E-state index in [-0.39, 0.29) is 16.9 Å². The number of amides is 1. The van der Waals surface area contributed by atoms with E-state index in [9.17, 15) is 9.90 Å². The van der Waals surface area contributed by atoms with Crippen molar-refractivity contribution in [2.45, 2.75) is 51.4 Å². The molecule has 0 aromatic heterocycles. The van der Waals surface area contributed by atoms with Crippen LogP contribution in [0.15, 0.2) is 30.3 Å². The number of hydrogen-bond donors (Lipinski definition) is 1. The monoisotopic (exact) mass is 349 g/mol. The van der Waals surface area contributed by atoms with Crippen LogP contribution in [0.25, 0.3) is 0 Å². The zero-order valence-corrected chi connectivity index (χ0v) is 16.6. The fourth-order valence-electron chi connectivity index (χ4n) is 2.65. The van der Waals surface area contributed by atoms with Gasteiger partial charge in [0, 0.05) is 25.6 Å². The van der Waals surface area contributed by atoms with Gasteiger partial charge >= 0.3 is 0 Å². The maximum atomic E-state index is 12.3. The summed E-state index contributed by atoms with van der Waals surface area (Å²) in [5.41, 5.74) is 1.21. The molecule has 4 nitrogen and oxygen atoms in total. The van der Waals surface area contributed by atoms with Crippen LogP contribution in [0.3, 0.4) is 0 Å². The van der Waals surface area contributed by atoms with Crippen molar-refractivity contribution in [1.29, 1.82) is 0 Å². The Morgan fingerprint density at radius 2 is 1.88 bits per heavy atom. The Labute approximate surface area is 147 Å². The normalized spacial score (nSPS) is 22.2. The van der Waals surface area contributed by atoms with Gasteiger partial charge in [-0.25, -0.2) is 0 Å². The minimum absolute atomic E-state index is 0.123. The first-order valence-electron chi connectivity index (χ1n) is 8.76. The second kappa shape index (κ2) is 7.38. The Balaban J connectivity index is 1.89. The van der Waals surface area contributed by atoms with Crippen LogP contribution in [-0.4, -0.2) is 50.0 Å². The third-order valence-electron chi connectivity index (χ3n) is 5.44. The summed E-state index contributed by atoms with van der Waals surface area (Å²) in [6.45, 7) is 12.7. The first kappa shape index (κ1) is 19.2. The number of aliphatic hydroxyl groups excluding tert-OH is 1. The van der Waals surface area contributed by atoms with Crippen LogP contribution in [-0.2, 0) is 15.6 Å². The fraction of sp³-hybridized carbons (Fsp3) is 0.632. The van der Waals surface area contributed by atoms with E-state index in [1.165, 1.54) is 5.56 Å². The SMILES string of the molecule is CC(C)(C)[Si](C)(C)OC[C@H]1CN(CCc2ccccc2)C(=O)[C@@H]1O. The Morgan fingerprint density at radius 1 is 1.25 bits per heavy atom. The van der Waals surface area contributed by atoms with Crippen molar-refractivity contribution in [1.82, 2.24) is 4.90 Å². The van der Waals surface area contributed by atoms with E-state index in [0.29, 0.717) is 19.7 Å². The third kappa shape index (κ3) is 4.46. The number of nitrogens with zero attached hydrogens (tertiary/aromatic N) is 1. The van der Waals surface area contributed by atoms with Gasteiger partial charge in [0.15, 0.2) is 8.32 Å². The van der Waals surface area contributed by atoms with E-state index in [0.717, 1.165) is 6.42 Å². The van der Waals surface area contributed by atoms with Crippen LogP contribution in [0.2, 0.25) is 18.1 Å². The molecule has 0 bridgehead atoms. The lowest BCUT2D eigenvalue weighted by atomic mass is 10.1. The molecular weight excluding hydrogens is 318 g/mol. The van der Waals surface area contributed by atoms with Crippen molar-refractivity contribution in [3.05, 3.63) is 35.9 Å². The summed E-state index contributed by atoms with van der Waals surface area (Å²) >= 11 is 0. The molecule has 2 rings (SSSR count). The predicted octanol–water partition coefficient (Wildman–Crippen LogP) is 3.07. The lowest BCUT2D eigenvalue weighted by Gasteiger charge is -2.37. The molecule has 0 saturated carbocycles. The maximum absolute atomic E-state index is 12.3. The molecular formula is C19H31NO3Si. The molecule has 1 aliphatic heterocycles. The Kier molecular flexibility index (Phi) is 5.89. The average molecular weight is 350 g/mol. The van der Waals surface area contributed by atoms with Crippen molar-refractivity contribution >= 4 is 14.2 Å². The molecule has 1 heterocycles. The zero-order chi connectivity index (χ0) is 18.0. The van der Waals surface area contributed by atoms with Crippen molar-refractivity contribution in [3.63, 3.8) is 0 Å². The van der Waals surface area contributed by atoms with Crippen LogP contribution in [0.4, 0.5) is 0 Å². The summed E-state index contributed by atoms with van der Waals surface area (Å²) < 4.78 is 6.21. The molecule has 1 amide bonds. The van der Waals surface area contributed by atoms with E-state index < -0.39 is 14.4 Å². The molecule has 0 spiro atoms. The lowest BCUT2D eigenvalue weighted by Crippen LogP contribution is -2.43. The lowest BCUT2D eigenvalue weighted by molar-refractivity contribution is -0.135.